The molecule has 0 radical (unpaired) electrons. The minimum absolute atomic E-state index is 1.18. The zero-order chi connectivity index (χ0) is 9.82. The van der Waals surface area contributed by atoms with E-state index in [1.807, 2.05) is 19.9 Å². The molecule has 0 heteroatoms. The van der Waals surface area contributed by atoms with E-state index >= 15 is 0 Å². The van der Waals surface area contributed by atoms with Gasteiger partial charge in [0.2, 0.25) is 0 Å². The number of hydrogen-bond acceptors (Lipinski definition) is 0. The topological polar surface area (TPSA) is 0 Å². The van der Waals surface area contributed by atoms with E-state index < -0.39 is 0 Å². The average molecular weight is 168 g/mol. The predicted octanol–water partition coefficient (Wildman–Crippen LogP) is 4.73. The molecule has 0 unspecified atom stereocenters. The van der Waals surface area contributed by atoms with Crippen LogP contribution in [0.2, 0.25) is 0 Å². The van der Waals surface area contributed by atoms with Crippen molar-refractivity contribution in [1.82, 2.24) is 0 Å². The summed E-state index contributed by atoms with van der Waals surface area (Å²) in [5.41, 5.74) is 1.41. The standard InChI is InChI=1S/C10H18.C2H6/c1-4-7-9-10(6-3)8-5-2;1-2/h6,9H,3-5,7-8H2,1-2H3;1-2H3/b10-9-;. The summed E-state index contributed by atoms with van der Waals surface area (Å²) < 4.78 is 0. The van der Waals surface area contributed by atoms with Crippen LogP contribution in [0.4, 0.5) is 0 Å². The van der Waals surface area contributed by atoms with Gasteiger partial charge in [-0.15, -0.1) is 0 Å². The van der Waals surface area contributed by atoms with Crippen LogP contribution in [-0.2, 0) is 0 Å². The van der Waals surface area contributed by atoms with E-state index in [2.05, 4.69) is 26.5 Å². The minimum atomic E-state index is 1.18. The van der Waals surface area contributed by atoms with Crippen LogP contribution < -0.4 is 0 Å². The summed E-state index contributed by atoms with van der Waals surface area (Å²) in [7, 11) is 0. The van der Waals surface area contributed by atoms with E-state index in [0.717, 1.165) is 0 Å². The molecule has 0 bridgehead atoms. The van der Waals surface area contributed by atoms with Crippen LogP contribution >= 0.6 is 0 Å². The van der Waals surface area contributed by atoms with Crippen molar-refractivity contribution in [3.63, 3.8) is 0 Å². The van der Waals surface area contributed by atoms with Crippen molar-refractivity contribution in [1.29, 1.82) is 0 Å². The van der Waals surface area contributed by atoms with Crippen LogP contribution in [0, 0.1) is 0 Å². The van der Waals surface area contributed by atoms with E-state index in [-0.39, 0.29) is 0 Å². The molecule has 0 nitrogen and oxygen atoms in total. The molecule has 0 aromatic rings. The van der Waals surface area contributed by atoms with Crippen LogP contribution in [0.25, 0.3) is 0 Å². The molecule has 72 valence electrons. The Balaban J connectivity index is 0. The van der Waals surface area contributed by atoms with Crippen molar-refractivity contribution in [3.05, 3.63) is 24.3 Å². The van der Waals surface area contributed by atoms with Crippen molar-refractivity contribution in [2.45, 2.75) is 53.4 Å². The Morgan fingerprint density at radius 1 is 1.17 bits per heavy atom. The largest absolute Gasteiger partial charge is 0.0988 e. The number of hydrogen-bond donors (Lipinski definition) is 0. The van der Waals surface area contributed by atoms with Crippen LogP contribution in [0.15, 0.2) is 24.3 Å². The maximum atomic E-state index is 3.76. The summed E-state index contributed by atoms with van der Waals surface area (Å²) in [5, 5.41) is 0. The maximum Gasteiger partial charge on any atom is -0.0285 e. The van der Waals surface area contributed by atoms with Gasteiger partial charge in [0.1, 0.15) is 0 Å². The highest BCUT2D eigenvalue weighted by molar-refractivity contribution is 5.15. The van der Waals surface area contributed by atoms with Crippen molar-refractivity contribution < 1.29 is 0 Å². The Morgan fingerprint density at radius 3 is 2.08 bits per heavy atom. The molecular formula is C12H24. The summed E-state index contributed by atoms with van der Waals surface area (Å²) in [6, 6.07) is 0. The molecule has 12 heavy (non-hydrogen) atoms. The van der Waals surface area contributed by atoms with Gasteiger partial charge in [-0.2, -0.15) is 0 Å². The number of rotatable bonds is 5. The molecule has 0 heterocycles. The Kier molecular flexibility index (Phi) is 15.3. The molecule has 0 rings (SSSR count). The SMILES string of the molecule is C=C/C(=C/CCC)CCC.CC. The van der Waals surface area contributed by atoms with Gasteiger partial charge >= 0.3 is 0 Å². The van der Waals surface area contributed by atoms with E-state index in [1.165, 1.54) is 31.3 Å². The minimum Gasteiger partial charge on any atom is -0.0988 e. The van der Waals surface area contributed by atoms with E-state index in [9.17, 15) is 0 Å². The Hall–Kier alpha value is -0.520. The van der Waals surface area contributed by atoms with Crippen molar-refractivity contribution >= 4 is 0 Å². The van der Waals surface area contributed by atoms with Crippen molar-refractivity contribution in [2.75, 3.05) is 0 Å². The van der Waals surface area contributed by atoms with Crippen LogP contribution in [0.3, 0.4) is 0 Å². The molecule has 0 aliphatic carbocycles. The fourth-order valence-electron chi connectivity index (χ4n) is 0.906. The lowest BCUT2D eigenvalue weighted by Crippen LogP contribution is -1.76. The lowest BCUT2D eigenvalue weighted by molar-refractivity contribution is 0.895. The van der Waals surface area contributed by atoms with Gasteiger partial charge in [0.25, 0.3) is 0 Å². The predicted molar refractivity (Wildman–Crippen MR) is 59.4 cm³/mol. The average Bonchev–Trinajstić information content (AvgIpc) is 2.15. The molecular weight excluding hydrogens is 144 g/mol. The fraction of sp³-hybridized carbons (Fsp3) is 0.667. The second-order valence-electron chi connectivity index (χ2n) is 2.52. The van der Waals surface area contributed by atoms with Crippen molar-refractivity contribution in [2.24, 2.45) is 0 Å². The molecule has 0 aliphatic heterocycles. The van der Waals surface area contributed by atoms with Gasteiger partial charge in [-0.25, -0.2) is 0 Å². The highest BCUT2D eigenvalue weighted by Gasteiger charge is 1.86. The molecule has 0 atom stereocenters. The molecule has 0 N–H and O–H groups in total. The summed E-state index contributed by atoms with van der Waals surface area (Å²) in [4.78, 5) is 0. The van der Waals surface area contributed by atoms with Gasteiger partial charge in [0.05, 0.1) is 0 Å². The summed E-state index contributed by atoms with van der Waals surface area (Å²) >= 11 is 0. The van der Waals surface area contributed by atoms with Gasteiger partial charge in [-0.1, -0.05) is 64.8 Å². The summed E-state index contributed by atoms with van der Waals surface area (Å²) in [6.45, 7) is 12.2. The Bertz CT molecular complexity index is 109. The first kappa shape index (κ1) is 14.0. The van der Waals surface area contributed by atoms with Gasteiger partial charge in [0, 0.05) is 0 Å². The zero-order valence-electron chi connectivity index (χ0n) is 9.19. The van der Waals surface area contributed by atoms with Crippen molar-refractivity contribution in [3.8, 4) is 0 Å². The van der Waals surface area contributed by atoms with E-state index in [4.69, 9.17) is 0 Å². The normalized spacial score (nSPS) is 10.2. The molecule has 0 saturated carbocycles. The Morgan fingerprint density at radius 2 is 1.75 bits per heavy atom. The third-order valence-corrected chi connectivity index (χ3v) is 1.50. The second kappa shape index (κ2) is 13.1. The molecule has 0 aliphatic rings. The van der Waals surface area contributed by atoms with Crippen LogP contribution in [-0.4, -0.2) is 0 Å². The molecule has 0 aromatic carbocycles. The van der Waals surface area contributed by atoms with Crippen LogP contribution in [0.5, 0.6) is 0 Å². The third-order valence-electron chi connectivity index (χ3n) is 1.50. The fourth-order valence-corrected chi connectivity index (χ4v) is 0.906. The van der Waals surface area contributed by atoms with Gasteiger partial charge in [0.15, 0.2) is 0 Å². The third kappa shape index (κ3) is 9.48. The molecule has 0 spiro atoms. The maximum absolute atomic E-state index is 3.76. The molecule has 0 saturated heterocycles. The first-order valence-corrected chi connectivity index (χ1v) is 5.16. The van der Waals surface area contributed by atoms with Crippen LogP contribution in [0.1, 0.15) is 53.4 Å². The quantitative estimate of drug-likeness (QED) is 0.521. The first-order chi connectivity index (χ1) is 5.85. The molecule has 0 fully saturated rings. The van der Waals surface area contributed by atoms with Gasteiger partial charge < -0.3 is 0 Å². The second-order valence-corrected chi connectivity index (χ2v) is 2.52. The lowest BCUT2D eigenvalue weighted by Gasteiger charge is -1.96. The summed E-state index contributed by atoms with van der Waals surface area (Å²) in [6.07, 6.45) is 9.10. The highest BCUT2D eigenvalue weighted by Crippen LogP contribution is 2.07. The van der Waals surface area contributed by atoms with E-state index in [0.29, 0.717) is 0 Å². The smallest absolute Gasteiger partial charge is 0.0285 e. The molecule has 0 amide bonds. The van der Waals surface area contributed by atoms with E-state index in [1.54, 1.807) is 0 Å². The van der Waals surface area contributed by atoms with Gasteiger partial charge in [-0.05, 0) is 12.8 Å². The first-order valence-electron chi connectivity index (χ1n) is 5.16. The Labute approximate surface area is 78.4 Å². The number of allylic oxidation sites excluding steroid dienone is 3. The summed E-state index contributed by atoms with van der Waals surface area (Å²) in [5.74, 6) is 0. The lowest BCUT2D eigenvalue weighted by atomic mass is 10.1. The molecule has 0 aromatic heterocycles. The van der Waals surface area contributed by atoms with Gasteiger partial charge in [-0.3, -0.25) is 0 Å². The zero-order valence-corrected chi connectivity index (χ0v) is 9.19. The monoisotopic (exact) mass is 168 g/mol. The highest BCUT2D eigenvalue weighted by atomic mass is 13.9. The number of unbranched alkanes of at least 4 members (excludes halogenated alkanes) is 1.